The summed E-state index contributed by atoms with van der Waals surface area (Å²) in [5.74, 6) is -1.40. The number of carboxylic acid groups (broad SMARTS) is 1. The molecule has 0 radical (unpaired) electrons. The van der Waals surface area contributed by atoms with E-state index in [1.807, 2.05) is 50.2 Å². The molecule has 8 nitrogen and oxygen atoms in total. The van der Waals surface area contributed by atoms with Crippen molar-refractivity contribution in [2.75, 3.05) is 13.2 Å². The molecular weight excluding hydrogens is 448 g/mol. The van der Waals surface area contributed by atoms with Crippen LogP contribution in [0.2, 0.25) is 0 Å². The van der Waals surface area contributed by atoms with Crippen LogP contribution in [0.3, 0.4) is 0 Å². The second kappa shape index (κ2) is 10.9. The molecular formula is C27H32N2O6. The maximum Gasteiger partial charge on any atom is 0.407 e. The average Bonchev–Trinajstić information content (AvgIpc) is 3.34. The summed E-state index contributed by atoms with van der Waals surface area (Å²) < 4.78 is 11.3. The zero-order valence-corrected chi connectivity index (χ0v) is 20.0. The monoisotopic (exact) mass is 480 g/mol. The van der Waals surface area contributed by atoms with Crippen LogP contribution in [0.5, 0.6) is 0 Å². The van der Waals surface area contributed by atoms with Crippen LogP contribution in [-0.2, 0) is 19.1 Å². The quantitative estimate of drug-likeness (QED) is 0.504. The molecule has 0 spiro atoms. The Bertz CT molecular complexity index is 1040. The van der Waals surface area contributed by atoms with Crippen LogP contribution in [0.1, 0.15) is 50.2 Å². The van der Waals surface area contributed by atoms with E-state index in [2.05, 4.69) is 22.8 Å². The van der Waals surface area contributed by atoms with E-state index in [-0.39, 0.29) is 43.5 Å². The van der Waals surface area contributed by atoms with Gasteiger partial charge >= 0.3 is 12.1 Å². The Morgan fingerprint density at radius 1 is 1.06 bits per heavy atom. The van der Waals surface area contributed by atoms with Gasteiger partial charge in [0.1, 0.15) is 12.6 Å². The van der Waals surface area contributed by atoms with Gasteiger partial charge in [-0.3, -0.25) is 9.59 Å². The summed E-state index contributed by atoms with van der Waals surface area (Å²) in [6.45, 7) is 4.48. The Kier molecular flexibility index (Phi) is 7.70. The first-order valence-corrected chi connectivity index (χ1v) is 12.1. The number of benzene rings is 2. The molecule has 1 saturated heterocycles. The Labute approximate surface area is 205 Å². The van der Waals surface area contributed by atoms with E-state index in [0.717, 1.165) is 28.7 Å². The molecule has 2 aromatic rings. The molecule has 1 fully saturated rings. The molecule has 4 rings (SSSR count). The van der Waals surface area contributed by atoms with Gasteiger partial charge < -0.3 is 25.2 Å². The zero-order chi connectivity index (χ0) is 24.9. The SMILES string of the molecule is CC1CC(CNC(=O)C(CCC(=O)O)NC(=O)OCC2c3ccccc3-c3ccccc32)C(C)O1. The van der Waals surface area contributed by atoms with Gasteiger partial charge in [-0.25, -0.2) is 4.79 Å². The third-order valence-corrected chi connectivity index (χ3v) is 6.88. The summed E-state index contributed by atoms with van der Waals surface area (Å²) in [4.78, 5) is 36.6. The standard InChI is InChI=1S/C27H32N2O6/c1-16-13-18(17(2)35-16)14-28-26(32)24(11-12-25(30)31)29-27(33)34-15-23-21-9-5-3-7-19(21)20-8-4-6-10-22(20)23/h3-10,16-18,23-24H,11-15H2,1-2H3,(H,28,32)(H,29,33)(H,30,31). The molecule has 2 aromatic carbocycles. The molecule has 1 heterocycles. The molecule has 2 amide bonds. The molecule has 0 aromatic heterocycles. The Balaban J connectivity index is 1.36. The topological polar surface area (TPSA) is 114 Å². The third-order valence-electron chi connectivity index (χ3n) is 6.88. The Morgan fingerprint density at radius 2 is 1.69 bits per heavy atom. The Hall–Kier alpha value is -3.39. The lowest BCUT2D eigenvalue weighted by molar-refractivity contribution is -0.137. The highest BCUT2D eigenvalue weighted by Crippen LogP contribution is 2.44. The van der Waals surface area contributed by atoms with Crippen molar-refractivity contribution in [3.63, 3.8) is 0 Å². The molecule has 1 aliphatic carbocycles. The first-order chi connectivity index (χ1) is 16.8. The van der Waals surface area contributed by atoms with Gasteiger partial charge in [0.05, 0.1) is 12.2 Å². The van der Waals surface area contributed by atoms with Gasteiger partial charge in [0.15, 0.2) is 0 Å². The van der Waals surface area contributed by atoms with Crippen molar-refractivity contribution in [3.8, 4) is 11.1 Å². The molecule has 4 atom stereocenters. The first kappa shape index (κ1) is 24.7. The smallest absolute Gasteiger partial charge is 0.407 e. The van der Waals surface area contributed by atoms with E-state index in [0.29, 0.717) is 6.54 Å². The van der Waals surface area contributed by atoms with Gasteiger partial charge in [-0.2, -0.15) is 0 Å². The summed E-state index contributed by atoms with van der Waals surface area (Å²) >= 11 is 0. The van der Waals surface area contributed by atoms with Crippen molar-refractivity contribution in [2.45, 2.75) is 57.3 Å². The number of amides is 2. The highest BCUT2D eigenvalue weighted by Gasteiger charge is 2.32. The van der Waals surface area contributed by atoms with E-state index >= 15 is 0 Å². The van der Waals surface area contributed by atoms with E-state index < -0.39 is 24.0 Å². The largest absolute Gasteiger partial charge is 0.481 e. The normalized spacial score (nSPS) is 21.6. The summed E-state index contributed by atoms with van der Waals surface area (Å²) in [6, 6.07) is 15.0. The Morgan fingerprint density at radius 3 is 2.26 bits per heavy atom. The number of hydrogen-bond acceptors (Lipinski definition) is 5. The van der Waals surface area contributed by atoms with Crippen LogP contribution < -0.4 is 10.6 Å². The number of hydrogen-bond donors (Lipinski definition) is 3. The summed E-state index contributed by atoms with van der Waals surface area (Å²) in [5, 5.41) is 14.5. The van der Waals surface area contributed by atoms with Crippen LogP contribution in [0, 0.1) is 5.92 Å². The average molecular weight is 481 g/mol. The molecule has 2 aliphatic rings. The van der Waals surface area contributed by atoms with Crippen molar-refractivity contribution in [1.82, 2.24) is 10.6 Å². The second-order valence-corrected chi connectivity index (χ2v) is 9.35. The van der Waals surface area contributed by atoms with Gasteiger partial charge in [0.2, 0.25) is 5.91 Å². The fourth-order valence-electron chi connectivity index (χ4n) is 5.07. The number of ether oxygens (including phenoxy) is 2. The minimum atomic E-state index is -1.04. The minimum absolute atomic E-state index is 0.0258. The predicted molar refractivity (Wildman–Crippen MR) is 130 cm³/mol. The molecule has 0 bridgehead atoms. The van der Waals surface area contributed by atoms with E-state index in [1.165, 1.54) is 0 Å². The van der Waals surface area contributed by atoms with E-state index in [9.17, 15) is 14.4 Å². The van der Waals surface area contributed by atoms with Crippen LogP contribution in [0.25, 0.3) is 11.1 Å². The number of alkyl carbamates (subject to hydrolysis) is 1. The summed E-state index contributed by atoms with van der Waals surface area (Å²) in [6.07, 6.45) is -0.0311. The lowest BCUT2D eigenvalue weighted by Gasteiger charge is -2.21. The van der Waals surface area contributed by atoms with Crippen molar-refractivity contribution in [2.24, 2.45) is 5.92 Å². The molecule has 8 heteroatoms. The van der Waals surface area contributed by atoms with Gasteiger partial charge in [-0.1, -0.05) is 48.5 Å². The number of rotatable bonds is 9. The number of carbonyl (C=O) groups excluding carboxylic acids is 2. The highest BCUT2D eigenvalue weighted by molar-refractivity contribution is 5.86. The number of carbonyl (C=O) groups is 3. The number of aliphatic carboxylic acids is 1. The predicted octanol–water partition coefficient (Wildman–Crippen LogP) is 3.69. The fourth-order valence-corrected chi connectivity index (χ4v) is 5.07. The maximum absolute atomic E-state index is 12.8. The molecule has 3 N–H and O–H groups in total. The number of fused-ring (bicyclic) bond motifs is 3. The molecule has 186 valence electrons. The summed E-state index contributed by atoms with van der Waals surface area (Å²) in [7, 11) is 0. The minimum Gasteiger partial charge on any atom is -0.481 e. The number of carboxylic acids is 1. The lowest BCUT2D eigenvalue weighted by Crippen LogP contribution is -2.48. The van der Waals surface area contributed by atoms with Crippen molar-refractivity contribution in [3.05, 3.63) is 59.7 Å². The highest BCUT2D eigenvalue weighted by atomic mass is 16.5. The van der Waals surface area contributed by atoms with E-state index in [1.54, 1.807) is 0 Å². The van der Waals surface area contributed by atoms with Gasteiger partial charge in [-0.05, 0) is 48.9 Å². The van der Waals surface area contributed by atoms with E-state index in [4.69, 9.17) is 14.6 Å². The maximum atomic E-state index is 12.8. The van der Waals surface area contributed by atoms with Gasteiger partial charge in [0.25, 0.3) is 0 Å². The van der Waals surface area contributed by atoms with Crippen LogP contribution in [0.15, 0.2) is 48.5 Å². The zero-order valence-electron chi connectivity index (χ0n) is 20.0. The second-order valence-electron chi connectivity index (χ2n) is 9.35. The number of nitrogens with one attached hydrogen (secondary N) is 2. The van der Waals surface area contributed by atoms with Crippen LogP contribution >= 0.6 is 0 Å². The first-order valence-electron chi connectivity index (χ1n) is 12.1. The molecule has 1 aliphatic heterocycles. The molecule has 4 unspecified atom stereocenters. The van der Waals surface area contributed by atoms with Crippen LogP contribution in [-0.4, -0.2) is 54.5 Å². The molecule has 35 heavy (non-hydrogen) atoms. The van der Waals surface area contributed by atoms with Crippen molar-refractivity contribution < 1.29 is 29.0 Å². The van der Waals surface area contributed by atoms with Gasteiger partial charge in [0, 0.05) is 24.8 Å². The summed E-state index contributed by atoms with van der Waals surface area (Å²) in [5.41, 5.74) is 4.41. The molecule has 0 saturated carbocycles. The van der Waals surface area contributed by atoms with Crippen molar-refractivity contribution in [1.29, 1.82) is 0 Å². The van der Waals surface area contributed by atoms with Gasteiger partial charge in [-0.15, -0.1) is 0 Å². The lowest BCUT2D eigenvalue weighted by atomic mass is 9.98. The van der Waals surface area contributed by atoms with Crippen LogP contribution in [0.4, 0.5) is 4.79 Å². The fraction of sp³-hybridized carbons (Fsp3) is 0.444. The van der Waals surface area contributed by atoms with Crippen molar-refractivity contribution >= 4 is 18.0 Å². The third kappa shape index (κ3) is 5.82.